The molecule has 0 aliphatic carbocycles. The van der Waals surface area contributed by atoms with Gasteiger partial charge < -0.3 is 5.32 Å². The fourth-order valence-electron chi connectivity index (χ4n) is 2.64. The average molecular weight is 396 g/mol. The minimum absolute atomic E-state index is 0.0566. The molecule has 7 nitrogen and oxygen atoms in total. The number of hydrogen-bond donors (Lipinski definition) is 1. The van der Waals surface area contributed by atoms with Crippen LogP contribution in [0.4, 0.5) is 11.4 Å². The minimum atomic E-state index is -0.482. The number of carbonyl (C=O) groups is 1. The molecule has 1 heterocycles. The molecule has 0 fully saturated rings. The molecular weight excluding hydrogens is 376 g/mol. The molecule has 0 atom stereocenters. The molecule has 3 aromatic rings. The predicted octanol–water partition coefficient (Wildman–Crippen LogP) is 4.44. The van der Waals surface area contributed by atoms with E-state index in [1.807, 2.05) is 16.8 Å². The molecule has 0 unspecified atom stereocenters. The average Bonchev–Trinajstić information content (AvgIpc) is 3.12. The van der Waals surface area contributed by atoms with Gasteiger partial charge in [-0.3, -0.25) is 19.5 Å². The van der Waals surface area contributed by atoms with E-state index < -0.39 is 4.92 Å². The Labute approximate surface area is 166 Å². The number of nitrogens with one attached hydrogen (secondary N) is 1. The summed E-state index contributed by atoms with van der Waals surface area (Å²) in [5, 5.41) is 14.4. The Hall–Kier alpha value is -3.13. The van der Waals surface area contributed by atoms with Crippen LogP contribution in [-0.2, 0) is 4.79 Å². The highest BCUT2D eigenvalue weighted by atomic mass is 32.2. The summed E-state index contributed by atoms with van der Waals surface area (Å²) in [6.45, 7) is 5.90. The molecule has 144 valence electrons. The largest absolute Gasteiger partial charge is 0.325 e. The molecule has 2 aromatic carbocycles. The summed E-state index contributed by atoms with van der Waals surface area (Å²) in [5.41, 5.74) is 4.53. The molecule has 8 heteroatoms. The first-order valence-corrected chi connectivity index (χ1v) is 9.62. The van der Waals surface area contributed by atoms with Gasteiger partial charge in [0.15, 0.2) is 5.16 Å². The van der Waals surface area contributed by atoms with E-state index >= 15 is 0 Å². The third-order valence-electron chi connectivity index (χ3n) is 4.41. The lowest BCUT2D eigenvalue weighted by atomic mass is 10.1. The lowest BCUT2D eigenvalue weighted by Gasteiger charge is -2.10. The maximum Gasteiger partial charge on any atom is 0.271 e. The molecule has 0 spiro atoms. The maximum absolute atomic E-state index is 12.3. The second kappa shape index (κ2) is 8.26. The number of nitro groups is 1. The second-order valence-electron chi connectivity index (χ2n) is 6.44. The molecule has 3 rings (SSSR count). The van der Waals surface area contributed by atoms with E-state index in [0.717, 1.165) is 11.3 Å². The van der Waals surface area contributed by atoms with E-state index in [-0.39, 0.29) is 17.3 Å². The molecule has 0 radical (unpaired) electrons. The molecule has 0 saturated heterocycles. The van der Waals surface area contributed by atoms with Gasteiger partial charge in [-0.25, -0.2) is 4.98 Å². The van der Waals surface area contributed by atoms with Gasteiger partial charge in [0.05, 0.1) is 16.4 Å². The van der Waals surface area contributed by atoms with Gasteiger partial charge in [0, 0.05) is 30.2 Å². The summed E-state index contributed by atoms with van der Waals surface area (Å²) < 4.78 is 1.93. The van der Waals surface area contributed by atoms with Crippen molar-refractivity contribution in [1.29, 1.82) is 0 Å². The molecular formula is C20H20N4O3S. The van der Waals surface area contributed by atoms with Crippen LogP contribution in [0.2, 0.25) is 0 Å². The van der Waals surface area contributed by atoms with Crippen LogP contribution in [0.25, 0.3) is 5.69 Å². The van der Waals surface area contributed by atoms with Crippen molar-refractivity contribution in [2.45, 2.75) is 25.9 Å². The van der Waals surface area contributed by atoms with Crippen LogP contribution in [0.1, 0.15) is 16.7 Å². The minimum Gasteiger partial charge on any atom is -0.325 e. The van der Waals surface area contributed by atoms with E-state index in [0.29, 0.717) is 10.8 Å². The number of nitrogens with zero attached hydrogens (tertiary/aromatic N) is 3. The Bertz CT molecular complexity index is 1050. The third kappa shape index (κ3) is 4.40. The van der Waals surface area contributed by atoms with E-state index in [9.17, 15) is 14.9 Å². The normalized spacial score (nSPS) is 10.7. The van der Waals surface area contributed by atoms with E-state index in [1.165, 1.54) is 35.0 Å². The summed E-state index contributed by atoms with van der Waals surface area (Å²) in [6, 6.07) is 10.5. The summed E-state index contributed by atoms with van der Waals surface area (Å²) in [6.07, 6.45) is 3.55. The molecule has 28 heavy (non-hydrogen) atoms. The van der Waals surface area contributed by atoms with Crippen LogP contribution in [0, 0.1) is 30.9 Å². The van der Waals surface area contributed by atoms with E-state index in [2.05, 4.69) is 36.3 Å². The monoisotopic (exact) mass is 396 g/mol. The van der Waals surface area contributed by atoms with Crippen molar-refractivity contribution in [2.75, 3.05) is 11.1 Å². The number of rotatable bonds is 6. The van der Waals surface area contributed by atoms with E-state index in [1.54, 1.807) is 19.2 Å². The van der Waals surface area contributed by atoms with Crippen LogP contribution in [0.15, 0.2) is 53.9 Å². The highest BCUT2D eigenvalue weighted by molar-refractivity contribution is 7.99. The molecule has 1 N–H and O–H groups in total. The first-order chi connectivity index (χ1) is 13.3. The van der Waals surface area contributed by atoms with Gasteiger partial charge >= 0.3 is 0 Å². The first-order valence-electron chi connectivity index (χ1n) is 8.64. The van der Waals surface area contributed by atoms with Crippen LogP contribution < -0.4 is 5.32 Å². The number of thioether (sulfide) groups is 1. The van der Waals surface area contributed by atoms with Gasteiger partial charge in [0.2, 0.25) is 5.91 Å². The predicted molar refractivity (Wildman–Crippen MR) is 110 cm³/mol. The SMILES string of the molecule is Cc1ccc(-n2ccnc2SCC(=O)Nc2cc([N+](=O)[O-])ccc2C)cc1C. The Balaban J connectivity index is 1.69. The summed E-state index contributed by atoms with van der Waals surface area (Å²) in [5.74, 6) is -0.104. The molecule has 0 aliphatic heterocycles. The topological polar surface area (TPSA) is 90.1 Å². The molecule has 0 aliphatic rings. The number of amides is 1. The van der Waals surface area contributed by atoms with Gasteiger partial charge in [0.25, 0.3) is 5.69 Å². The zero-order valence-electron chi connectivity index (χ0n) is 15.8. The summed E-state index contributed by atoms with van der Waals surface area (Å²) in [4.78, 5) is 27.1. The Morgan fingerprint density at radius 1 is 1.14 bits per heavy atom. The van der Waals surface area contributed by atoms with Crippen molar-refractivity contribution in [2.24, 2.45) is 0 Å². The van der Waals surface area contributed by atoms with Crippen molar-refractivity contribution in [3.05, 3.63) is 75.6 Å². The number of non-ortho nitro benzene ring substituents is 1. The standard InChI is InChI=1S/C20H20N4O3S/c1-13-4-6-16(10-15(13)3)23-9-8-21-20(23)28-12-19(25)22-18-11-17(24(26)27)7-5-14(18)2/h4-11H,12H2,1-3H3,(H,22,25). The Kier molecular flexibility index (Phi) is 5.79. The van der Waals surface area contributed by atoms with Gasteiger partial charge in [-0.05, 0) is 49.6 Å². The quantitative estimate of drug-likeness (QED) is 0.378. The van der Waals surface area contributed by atoms with Crippen LogP contribution in [-0.4, -0.2) is 26.1 Å². The zero-order valence-corrected chi connectivity index (χ0v) is 16.6. The highest BCUT2D eigenvalue weighted by Crippen LogP contribution is 2.24. The number of imidazole rings is 1. The van der Waals surface area contributed by atoms with Crippen LogP contribution in [0.3, 0.4) is 0 Å². The number of carbonyl (C=O) groups excluding carboxylic acids is 1. The number of hydrogen-bond acceptors (Lipinski definition) is 5. The van der Waals surface area contributed by atoms with Crippen molar-refractivity contribution >= 4 is 29.0 Å². The van der Waals surface area contributed by atoms with Gasteiger partial charge in [-0.2, -0.15) is 0 Å². The second-order valence-corrected chi connectivity index (χ2v) is 7.38. The Morgan fingerprint density at radius 2 is 1.89 bits per heavy atom. The molecule has 1 aromatic heterocycles. The van der Waals surface area contributed by atoms with Crippen LogP contribution >= 0.6 is 11.8 Å². The smallest absolute Gasteiger partial charge is 0.271 e. The van der Waals surface area contributed by atoms with Gasteiger partial charge in [-0.1, -0.05) is 23.9 Å². The Morgan fingerprint density at radius 3 is 2.61 bits per heavy atom. The zero-order chi connectivity index (χ0) is 20.3. The fourth-order valence-corrected chi connectivity index (χ4v) is 3.42. The van der Waals surface area contributed by atoms with Crippen molar-refractivity contribution in [3.63, 3.8) is 0 Å². The number of anilines is 1. The lowest BCUT2D eigenvalue weighted by molar-refractivity contribution is -0.384. The number of aromatic nitrogens is 2. The number of benzene rings is 2. The number of aryl methyl sites for hydroxylation is 3. The van der Waals surface area contributed by atoms with Crippen molar-refractivity contribution < 1.29 is 9.72 Å². The molecule has 0 bridgehead atoms. The van der Waals surface area contributed by atoms with Crippen molar-refractivity contribution in [3.8, 4) is 5.69 Å². The summed E-state index contributed by atoms with van der Waals surface area (Å²) in [7, 11) is 0. The van der Waals surface area contributed by atoms with Gasteiger partial charge in [0.1, 0.15) is 0 Å². The fraction of sp³-hybridized carbons (Fsp3) is 0.200. The first kappa shape index (κ1) is 19.6. The molecule has 0 saturated carbocycles. The number of nitro benzene ring substituents is 1. The third-order valence-corrected chi connectivity index (χ3v) is 5.38. The van der Waals surface area contributed by atoms with Crippen LogP contribution in [0.5, 0.6) is 0 Å². The lowest BCUT2D eigenvalue weighted by Crippen LogP contribution is -2.15. The van der Waals surface area contributed by atoms with Crippen molar-refractivity contribution in [1.82, 2.24) is 9.55 Å². The maximum atomic E-state index is 12.3. The van der Waals surface area contributed by atoms with E-state index in [4.69, 9.17) is 0 Å². The van der Waals surface area contributed by atoms with Gasteiger partial charge in [-0.15, -0.1) is 0 Å². The molecule has 1 amide bonds. The highest BCUT2D eigenvalue weighted by Gasteiger charge is 2.13. The summed E-state index contributed by atoms with van der Waals surface area (Å²) >= 11 is 1.31.